The highest BCUT2D eigenvalue weighted by molar-refractivity contribution is 7.80. The lowest BCUT2D eigenvalue weighted by Gasteiger charge is -2.37. The molecule has 1 aliphatic heterocycles. The minimum absolute atomic E-state index is 0.233. The third kappa shape index (κ3) is 4.62. The van der Waals surface area contributed by atoms with E-state index in [1.165, 1.54) is 5.56 Å². The van der Waals surface area contributed by atoms with Crippen LogP contribution in [0.15, 0.2) is 83.0 Å². The zero-order valence-electron chi connectivity index (χ0n) is 20.8. The fraction of sp³-hybridized carbons (Fsp3) is 0.207. The molecule has 0 saturated carbocycles. The number of nitrogens with zero attached hydrogens (tertiary/aromatic N) is 3. The van der Waals surface area contributed by atoms with Crippen LogP contribution >= 0.6 is 12.2 Å². The Morgan fingerprint density at radius 3 is 2.42 bits per heavy atom. The summed E-state index contributed by atoms with van der Waals surface area (Å²) < 4.78 is 11.5. The number of aromatic nitrogens is 2. The molecule has 1 aromatic heterocycles. The Hall–Kier alpha value is -3.97. The lowest BCUT2D eigenvalue weighted by Crippen LogP contribution is -2.46. The molecular weight excluding hydrogens is 468 g/mol. The Bertz CT molecular complexity index is 1420. The number of anilines is 1. The smallest absolute Gasteiger partial charge is 0.258 e. The molecule has 7 heteroatoms. The summed E-state index contributed by atoms with van der Waals surface area (Å²) in [5.74, 6) is 1.83. The summed E-state index contributed by atoms with van der Waals surface area (Å²) in [6.45, 7) is 8.74. The molecule has 0 amide bonds. The van der Waals surface area contributed by atoms with Crippen LogP contribution in [0.2, 0.25) is 0 Å². The molecule has 2 heterocycles. The van der Waals surface area contributed by atoms with E-state index in [0.29, 0.717) is 23.4 Å². The monoisotopic (exact) mass is 496 g/mol. The largest absolute Gasteiger partial charge is 0.494 e. The lowest BCUT2D eigenvalue weighted by molar-refractivity contribution is 0.340. The summed E-state index contributed by atoms with van der Waals surface area (Å²) in [7, 11) is 0. The molecule has 36 heavy (non-hydrogen) atoms. The van der Waals surface area contributed by atoms with Crippen LogP contribution in [0.3, 0.4) is 0 Å². The van der Waals surface area contributed by atoms with Crippen LogP contribution in [0, 0.1) is 13.8 Å². The minimum atomic E-state index is -0.233. The predicted octanol–water partition coefficient (Wildman–Crippen LogP) is 6.62. The van der Waals surface area contributed by atoms with E-state index >= 15 is 0 Å². The summed E-state index contributed by atoms with van der Waals surface area (Å²) in [5.41, 5.74) is 7.04. The minimum Gasteiger partial charge on any atom is -0.494 e. The van der Waals surface area contributed by atoms with Gasteiger partial charge in [0.2, 0.25) is 5.82 Å². The van der Waals surface area contributed by atoms with E-state index in [4.69, 9.17) is 26.5 Å². The van der Waals surface area contributed by atoms with E-state index in [2.05, 4.69) is 41.7 Å². The summed E-state index contributed by atoms with van der Waals surface area (Å²) in [5, 5.41) is 8.43. The molecular formula is C29H28N4O2S. The van der Waals surface area contributed by atoms with E-state index in [1.807, 2.05) is 74.2 Å². The number of nitrogens with one attached hydrogen (secondary N) is 1. The number of aryl methyl sites for hydroxylation is 2. The third-order valence-electron chi connectivity index (χ3n) is 6.23. The number of thiocarbonyl (C=S) groups is 1. The van der Waals surface area contributed by atoms with Gasteiger partial charge in [0.25, 0.3) is 5.89 Å². The fourth-order valence-electron chi connectivity index (χ4n) is 4.43. The highest BCUT2D eigenvalue weighted by Gasteiger charge is 2.34. The molecule has 3 aromatic carbocycles. The molecule has 1 atom stereocenters. The lowest BCUT2D eigenvalue weighted by atomic mass is 9.94. The Kier molecular flexibility index (Phi) is 6.57. The molecule has 6 nitrogen and oxygen atoms in total. The quantitative estimate of drug-likeness (QED) is 0.301. The van der Waals surface area contributed by atoms with Gasteiger partial charge in [-0.1, -0.05) is 58.7 Å². The zero-order valence-corrected chi connectivity index (χ0v) is 21.6. The van der Waals surface area contributed by atoms with Crippen LogP contribution in [0.5, 0.6) is 5.75 Å². The zero-order chi connectivity index (χ0) is 25.2. The SMILES string of the molecule is CCOc1ccc(N2C(=S)NC(c3ccc(C)cc3)C(c3nc(-c4cccc(C)c4)no3)=C2C)cc1. The van der Waals surface area contributed by atoms with Crippen molar-refractivity contribution in [1.82, 2.24) is 15.5 Å². The summed E-state index contributed by atoms with van der Waals surface area (Å²) in [4.78, 5) is 6.82. The van der Waals surface area contributed by atoms with Gasteiger partial charge in [0.15, 0.2) is 5.11 Å². The number of allylic oxidation sites excluding steroid dienone is 1. The maximum absolute atomic E-state index is 5.87. The van der Waals surface area contributed by atoms with Gasteiger partial charge in [-0.25, -0.2) is 0 Å². The van der Waals surface area contributed by atoms with Gasteiger partial charge in [-0.05, 0) is 75.8 Å². The number of hydrogen-bond donors (Lipinski definition) is 1. The molecule has 1 unspecified atom stereocenters. The molecule has 0 spiro atoms. The highest BCUT2D eigenvalue weighted by Crippen LogP contribution is 2.39. The second-order valence-corrected chi connectivity index (χ2v) is 9.23. The van der Waals surface area contributed by atoms with Crippen molar-refractivity contribution in [1.29, 1.82) is 0 Å². The van der Waals surface area contributed by atoms with Crippen LogP contribution in [0.25, 0.3) is 17.0 Å². The number of rotatable bonds is 6. The molecule has 1 N–H and O–H groups in total. The molecule has 182 valence electrons. The molecule has 4 aromatic rings. The average Bonchev–Trinajstić information content (AvgIpc) is 3.35. The van der Waals surface area contributed by atoms with E-state index in [-0.39, 0.29) is 6.04 Å². The molecule has 0 fully saturated rings. The van der Waals surface area contributed by atoms with Crippen molar-refractivity contribution < 1.29 is 9.26 Å². The second kappa shape index (κ2) is 9.95. The number of benzene rings is 3. The first-order chi connectivity index (χ1) is 17.4. The molecule has 5 rings (SSSR count). The van der Waals surface area contributed by atoms with Crippen molar-refractivity contribution in [2.45, 2.75) is 33.7 Å². The highest BCUT2D eigenvalue weighted by atomic mass is 32.1. The van der Waals surface area contributed by atoms with E-state index in [1.54, 1.807) is 0 Å². The molecule has 0 bridgehead atoms. The average molecular weight is 497 g/mol. The van der Waals surface area contributed by atoms with Gasteiger partial charge in [-0.3, -0.25) is 4.90 Å². The van der Waals surface area contributed by atoms with Crippen molar-refractivity contribution in [3.05, 3.63) is 101 Å². The Morgan fingerprint density at radius 2 is 1.72 bits per heavy atom. The molecule has 0 aliphatic carbocycles. The van der Waals surface area contributed by atoms with Crippen LogP contribution in [-0.4, -0.2) is 21.9 Å². The Morgan fingerprint density at radius 1 is 0.972 bits per heavy atom. The van der Waals surface area contributed by atoms with E-state index in [9.17, 15) is 0 Å². The van der Waals surface area contributed by atoms with Crippen LogP contribution in [-0.2, 0) is 0 Å². The van der Waals surface area contributed by atoms with Crippen molar-refractivity contribution in [3.8, 4) is 17.1 Å². The van der Waals surface area contributed by atoms with Gasteiger partial charge < -0.3 is 14.6 Å². The van der Waals surface area contributed by atoms with Gasteiger partial charge in [-0.2, -0.15) is 4.98 Å². The van der Waals surface area contributed by atoms with Crippen molar-refractivity contribution >= 4 is 28.6 Å². The maximum atomic E-state index is 5.87. The fourth-order valence-corrected chi connectivity index (χ4v) is 4.79. The van der Waals surface area contributed by atoms with Crippen LogP contribution in [0.4, 0.5) is 5.69 Å². The second-order valence-electron chi connectivity index (χ2n) is 8.85. The first-order valence-electron chi connectivity index (χ1n) is 12.0. The van der Waals surface area contributed by atoms with Gasteiger partial charge in [0.05, 0.1) is 18.2 Å². The predicted molar refractivity (Wildman–Crippen MR) is 147 cm³/mol. The van der Waals surface area contributed by atoms with Gasteiger partial charge in [0.1, 0.15) is 5.75 Å². The van der Waals surface area contributed by atoms with Crippen molar-refractivity contribution in [2.24, 2.45) is 0 Å². The third-order valence-corrected chi connectivity index (χ3v) is 6.53. The van der Waals surface area contributed by atoms with Gasteiger partial charge >= 0.3 is 0 Å². The standard InChI is InChI=1S/C29H28N4O2S/c1-5-34-24-15-13-23(14-16-24)33-20(4)25(26(30-29(33)36)21-11-9-18(2)10-12-21)28-31-27(32-35-28)22-8-6-7-19(3)17-22/h6-17,26H,5H2,1-4H3,(H,30,36). The van der Waals surface area contributed by atoms with Crippen LogP contribution in [0.1, 0.15) is 42.5 Å². The van der Waals surface area contributed by atoms with Crippen LogP contribution < -0.4 is 15.0 Å². The molecule has 1 aliphatic rings. The molecule has 0 radical (unpaired) electrons. The van der Waals surface area contributed by atoms with E-state index < -0.39 is 0 Å². The Labute approximate surface area is 216 Å². The van der Waals surface area contributed by atoms with Crippen molar-refractivity contribution in [3.63, 3.8) is 0 Å². The summed E-state index contributed by atoms with van der Waals surface area (Å²) >= 11 is 5.85. The van der Waals surface area contributed by atoms with Crippen molar-refractivity contribution in [2.75, 3.05) is 11.5 Å². The first-order valence-corrected chi connectivity index (χ1v) is 12.4. The first kappa shape index (κ1) is 23.8. The summed E-state index contributed by atoms with van der Waals surface area (Å²) in [6.07, 6.45) is 0. The number of hydrogen-bond acceptors (Lipinski definition) is 5. The maximum Gasteiger partial charge on any atom is 0.258 e. The number of ether oxygens (including phenoxy) is 1. The van der Waals surface area contributed by atoms with Gasteiger partial charge in [0, 0.05) is 16.9 Å². The topological polar surface area (TPSA) is 63.4 Å². The summed E-state index contributed by atoms with van der Waals surface area (Å²) in [6, 6.07) is 24.1. The Balaban J connectivity index is 1.62. The van der Waals surface area contributed by atoms with Gasteiger partial charge in [-0.15, -0.1) is 0 Å². The normalized spacial score (nSPS) is 15.7. The van der Waals surface area contributed by atoms with E-state index in [0.717, 1.165) is 39.4 Å². The molecule has 0 saturated heterocycles.